The summed E-state index contributed by atoms with van der Waals surface area (Å²) in [5.74, 6) is -0.179. The molecule has 0 atom stereocenters. The van der Waals surface area contributed by atoms with Gasteiger partial charge in [0.05, 0.1) is 16.7 Å². The Balaban J connectivity index is 1.19. The topological polar surface area (TPSA) is 73.5 Å². The molecule has 1 saturated carbocycles. The Hall–Kier alpha value is -4.68. The fourth-order valence-corrected chi connectivity index (χ4v) is 6.37. The number of benzene rings is 4. The van der Waals surface area contributed by atoms with Gasteiger partial charge in [0.15, 0.2) is 0 Å². The van der Waals surface area contributed by atoms with Crippen molar-refractivity contribution in [3.05, 3.63) is 125 Å². The van der Waals surface area contributed by atoms with E-state index in [9.17, 15) is 9.59 Å². The maximum atomic E-state index is 13.5. The van der Waals surface area contributed by atoms with Crippen LogP contribution in [0.1, 0.15) is 54.4 Å². The summed E-state index contributed by atoms with van der Waals surface area (Å²) in [6, 6.07) is 34.1. The maximum Gasteiger partial charge on any atom is 0.258 e. The van der Waals surface area contributed by atoms with Crippen LogP contribution in [0.25, 0.3) is 11.3 Å². The predicted octanol–water partition coefficient (Wildman–Crippen LogP) is 7.28. The first-order valence-corrected chi connectivity index (χ1v) is 15.3. The average molecular weight is 569 g/mol. The van der Waals surface area contributed by atoms with Crippen LogP contribution < -0.4 is 16.0 Å². The van der Waals surface area contributed by atoms with E-state index < -0.39 is 5.41 Å². The molecule has 0 spiro atoms. The van der Waals surface area contributed by atoms with Crippen molar-refractivity contribution in [2.75, 3.05) is 29.0 Å². The Morgan fingerprint density at radius 3 is 2.14 bits per heavy atom. The SMILES string of the molecule is O=C1Nc2ccc(NC(=O)C3(c4ccccc4)CC3)cc2C1=C(Nc1ccc(CN2CCCCC2)cc1)c1ccccc1. The van der Waals surface area contributed by atoms with Crippen LogP contribution in [-0.4, -0.2) is 29.8 Å². The maximum absolute atomic E-state index is 13.5. The summed E-state index contributed by atoms with van der Waals surface area (Å²) in [4.78, 5) is 29.5. The van der Waals surface area contributed by atoms with Gasteiger partial charge in [-0.1, -0.05) is 79.2 Å². The number of hydrogen-bond donors (Lipinski definition) is 3. The zero-order valence-corrected chi connectivity index (χ0v) is 24.2. The van der Waals surface area contributed by atoms with E-state index in [0.717, 1.165) is 66.2 Å². The molecule has 0 aromatic heterocycles. The smallest absolute Gasteiger partial charge is 0.258 e. The number of piperidine rings is 1. The molecule has 3 N–H and O–H groups in total. The van der Waals surface area contributed by atoms with Crippen LogP contribution in [0.3, 0.4) is 0 Å². The molecule has 4 aromatic carbocycles. The molecule has 6 heteroatoms. The lowest BCUT2D eigenvalue weighted by atomic mass is 9.94. The fraction of sp³-hybridized carbons (Fsp3) is 0.243. The fourth-order valence-electron chi connectivity index (χ4n) is 6.37. The van der Waals surface area contributed by atoms with Crippen molar-refractivity contribution in [3.8, 4) is 0 Å². The minimum absolute atomic E-state index is 0.00693. The summed E-state index contributed by atoms with van der Waals surface area (Å²) in [6.07, 6.45) is 5.54. The number of anilines is 3. The zero-order chi connectivity index (χ0) is 29.2. The molecule has 2 fully saturated rings. The van der Waals surface area contributed by atoms with Gasteiger partial charge in [0.2, 0.25) is 5.91 Å². The van der Waals surface area contributed by atoms with Crippen molar-refractivity contribution in [1.82, 2.24) is 4.90 Å². The van der Waals surface area contributed by atoms with Gasteiger partial charge in [-0.05, 0) is 85.8 Å². The lowest BCUT2D eigenvalue weighted by Gasteiger charge is -2.26. The molecule has 2 heterocycles. The van der Waals surface area contributed by atoms with E-state index in [1.54, 1.807) is 0 Å². The molecule has 0 unspecified atom stereocenters. The van der Waals surface area contributed by atoms with Crippen LogP contribution in [0, 0.1) is 0 Å². The highest BCUT2D eigenvalue weighted by Crippen LogP contribution is 2.49. The lowest BCUT2D eigenvalue weighted by Crippen LogP contribution is -2.29. The quantitative estimate of drug-likeness (QED) is 0.195. The van der Waals surface area contributed by atoms with Gasteiger partial charge in [-0.3, -0.25) is 14.5 Å². The van der Waals surface area contributed by atoms with Gasteiger partial charge in [-0.2, -0.15) is 0 Å². The van der Waals surface area contributed by atoms with Crippen molar-refractivity contribution in [2.24, 2.45) is 0 Å². The van der Waals surface area contributed by atoms with E-state index in [1.807, 2.05) is 78.9 Å². The molecule has 7 rings (SSSR count). The van der Waals surface area contributed by atoms with Gasteiger partial charge < -0.3 is 16.0 Å². The van der Waals surface area contributed by atoms with Crippen molar-refractivity contribution in [3.63, 3.8) is 0 Å². The Bertz CT molecular complexity index is 1670. The molecule has 6 nitrogen and oxygen atoms in total. The first kappa shape index (κ1) is 27.2. The molecular formula is C37H36N4O2. The van der Waals surface area contributed by atoms with Crippen molar-refractivity contribution < 1.29 is 9.59 Å². The Morgan fingerprint density at radius 2 is 1.44 bits per heavy atom. The Labute approximate surface area is 252 Å². The van der Waals surface area contributed by atoms with Crippen LogP contribution in [-0.2, 0) is 21.5 Å². The highest BCUT2D eigenvalue weighted by Gasteiger charge is 2.51. The molecule has 2 amide bonds. The number of fused-ring (bicyclic) bond motifs is 1. The third-order valence-electron chi connectivity index (χ3n) is 8.92. The van der Waals surface area contributed by atoms with Crippen LogP contribution in [0.4, 0.5) is 17.1 Å². The number of likely N-dealkylation sites (tertiary alicyclic amines) is 1. The predicted molar refractivity (Wildman–Crippen MR) is 174 cm³/mol. The minimum atomic E-state index is -0.482. The van der Waals surface area contributed by atoms with Crippen LogP contribution in [0.2, 0.25) is 0 Å². The third kappa shape index (κ3) is 5.58. The molecule has 2 aliphatic heterocycles. The number of hydrogen-bond acceptors (Lipinski definition) is 4. The van der Waals surface area contributed by atoms with Gasteiger partial charge in [-0.15, -0.1) is 0 Å². The minimum Gasteiger partial charge on any atom is -0.354 e. The molecule has 216 valence electrons. The Morgan fingerprint density at radius 1 is 0.767 bits per heavy atom. The van der Waals surface area contributed by atoms with Crippen molar-refractivity contribution in [2.45, 2.75) is 44.1 Å². The number of rotatable bonds is 8. The monoisotopic (exact) mass is 568 g/mol. The normalized spacial score (nSPS) is 18.4. The van der Waals surface area contributed by atoms with Gasteiger partial charge >= 0.3 is 0 Å². The van der Waals surface area contributed by atoms with Gasteiger partial charge in [0, 0.05) is 29.2 Å². The number of nitrogens with zero attached hydrogens (tertiary/aromatic N) is 1. The standard InChI is InChI=1S/C37H36N4O2/c42-35-33(31-24-30(18-19-32(31)40-35)39-36(43)37(20-21-37)28-12-6-2-7-13-28)34(27-10-4-1-5-11-27)38-29-16-14-26(15-17-29)25-41-22-8-3-9-23-41/h1-2,4-7,10-19,24,38H,3,8-9,20-23,25H2,(H,39,43)(H,40,42). The number of nitrogens with one attached hydrogen (secondary N) is 3. The van der Waals surface area contributed by atoms with E-state index >= 15 is 0 Å². The lowest BCUT2D eigenvalue weighted by molar-refractivity contribution is -0.118. The Kier molecular flexibility index (Phi) is 7.29. The molecular weight excluding hydrogens is 532 g/mol. The molecule has 43 heavy (non-hydrogen) atoms. The van der Waals surface area contributed by atoms with Crippen LogP contribution in [0.5, 0.6) is 0 Å². The van der Waals surface area contributed by atoms with Gasteiger partial charge in [0.1, 0.15) is 0 Å². The summed E-state index contributed by atoms with van der Waals surface area (Å²) >= 11 is 0. The van der Waals surface area contributed by atoms with E-state index in [1.165, 1.54) is 24.8 Å². The summed E-state index contributed by atoms with van der Waals surface area (Å²) in [5.41, 5.74) is 7.13. The van der Waals surface area contributed by atoms with E-state index in [-0.39, 0.29) is 11.8 Å². The second kappa shape index (κ2) is 11.5. The molecule has 0 bridgehead atoms. The molecule has 1 aliphatic carbocycles. The van der Waals surface area contributed by atoms with E-state index in [0.29, 0.717) is 11.3 Å². The van der Waals surface area contributed by atoms with E-state index in [4.69, 9.17) is 0 Å². The summed E-state index contributed by atoms with van der Waals surface area (Å²) in [7, 11) is 0. The highest BCUT2D eigenvalue weighted by molar-refractivity contribution is 6.37. The third-order valence-corrected chi connectivity index (χ3v) is 8.92. The first-order valence-electron chi connectivity index (χ1n) is 15.3. The second-order valence-corrected chi connectivity index (χ2v) is 11.9. The summed E-state index contributed by atoms with van der Waals surface area (Å²) < 4.78 is 0. The van der Waals surface area contributed by atoms with Crippen molar-refractivity contribution >= 4 is 40.1 Å². The van der Waals surface area contributed by atoms with E-state index in [2.05, 4.69) is 45.1 Å². The highest BCUT2D eigenvalue weighted by atomic mass is 16.2. The summed E-state index contributed by atoms with van der Waals surface area (Å²) in [6.45, 7) is 3.28. The summed E-state index contributed by atoms with van der Waals surface area (Å²) in [5, 5.41) is 9.76. The van der Waals surface area contributed by atoms with Gasteiger partial charge in [0.25, 0.3) is 5.91 Å². The molecule has 3 aliphatic rings. The zero-order valence-electron chi connectivity index (χ0n) is 24.2. The van der Waals surface area contributed by atoms with Crippen LogP contribution in [0.15, 0.2) is 103 Å². The molecule has 0 radical (unpaired) electrons. The van der Waals surface area contributed by atoms with Crippen molar-refractivity contribution in [1.29, 1.82) is 0 Å². The molecule has 4 aromatic rings. The molecule has 1 saturated heterocycles. The number of carbonyl (C=O) groups excluding carboxylic acids is 2. The number of carbonyl (C=O) groups is 2. The van der Waals surface area contributed by atoms with Crippen LogP contribution >= 0.6 is 0 Å². The second-order valence-electron chi connectivity index (χ2n) is 11.9. The first-order chi connectivity index (χ1) is 21.1. The van der Waals surface area contributed by atoms with Gasteiger partial charge in [-0.25, -0.2) is 0 Å². The number of amides is 2. The largest absolute Gasteiger partial charge is 0.354 e. The average Bonchev–Trinajstić information content (AvgIpc) is 3.80.